The zero-order valence-electron chi connectivity index (χ0n) is 11.8. The van der Waals surface area contributed by atoms with E-state index >= 15 is 0 Å². The summed E-state index contributed by atoms with van der Waals surface area (Å²) in [6.07, 6.45) is 1.70. The molecule has 2 atom stereocenters. The summed E-state index contributed by atoms with van der Waals surface area (Å²) in [4.78, 5) is 0. The normalized spacial score (nSPS) is 32.6. The number of rotatable bonds is 3. The van der Waals surface area contributed by atoms with Crippen LogP contribution in [-0.4, -0.2) is 62.0 Å². The van der Waals surface area contributed by atoms with Gasteiger partial charge in [-0.05, 0) is 39.2 Å². The lowest BCUT2D eigenvalue weighted by molar-refractivity contribution is -0.0194. The summed E-state index contributed by atoms with van der Waals surface area (Å²) >= 11 is 0. The highest BCUT2D eigenvalue weighted by atomic mass is 32.2. The largest absolute Gasteiger partial charge is 0.375 e. The molecule has 0 aliphatic carbocycles. The Kier molecular flexibility index (Phi) is 4.84. The highest BCUT2D eigenvalue weighted by Crippen LogP contribution is 2.24. The van der Waals surface area contributed by atoms with Gasteiger partial charge in [0.05, 0.1) is 12.7 Å². The third kappa shape index (κ3) is 3.28. The van der Waals surface area contributed by atoms with Crippen molar-refractivity contribution in [2.24, 2.45) is 11.7 Å². The monoisotopic (exact) mass is 291 g/mol. The van der Waals surface area contributed by atoms with Crippen molar-refractivity contribution in [1.82, 2.24) is 8.61 Å². The summed E-state index contributed by atoms with van der Waals surface area (Å²) in [5.41, 5.74) is 5.65. The lowest BCUT2D eigenvalue weighted by Crippen LogP contribution is -2.56. The van der Waals surface area contributed by atoms with Crippen molar-refractivity contribution >= 4 is 10.2 Å². The van der Waals surface area contributed by atoms with Crippen LogP contribution >= 0.6 is 0 Å². The third-order valence-electron chi connectivity index (χ3n) is 4.08. The predicted octanol–water partition coefficient (Wildman–Crippen LogP) is 0.0111. The molecular weight excluding hydrogens is 266 g/mol. The average Bonchev–Trinajstić information content (AvgIpc) is 2.41. The van der Waals surface area contributed by atoms with Crippen molar-refractivity contribution in [2.75, 3.05) is 32.8 Å². The van der Waals surface area contributed by atoms with Crippen LogP contribution in [0.2, 0.25) is 0 Å². The molecule has 112 valence electrons. The molecule has 0 unspecified atom stereocenters. The van der Waals surface area contributed by atoms with E-state index in [0.717, 1.165) is 12.8 Å². The topological polar surface area (TPSA) is 75.9 Å². The van der Waals surface area contributed by atoms with Crippen LogP contribution in [-0.2, 0) is 14.9 Å². The summed E-state index contributed by atoms with van der Waals surface area (Å²) in [6.45, 7) is 6.55. The van der Waals surface area contributed by atoms with Gasteiger partial charge in [0.2, 0.25) is 0 Å². The molecule has 0 radical (unpaired) electrons. The van der Waals surface area contributed by atoms with Gasteiger partial charge in [0, 0.05) is 25.7 Å². The molecule has 0 aromatic carbocycles. The van der Waals surface area contributed by atoms with E-state index in [0.29, 0.717) is 38.7 Å². The van der Waals surface area contributed by atoms with Gasteiger partial charge in [-0.3, -0.25) is 0 Å². The van der Waals surface area contributed by atoms with E-state index < -0.39 is 10.2 Å². The van der Waals surface area contributed by atoms with Gasteiger partial charge in [-0.1, -0.05) is 0 Å². The summed E-state index contributed by atoms with van der Waals surface area (Å²) in [6, 6.07) is -0.0894. The van der Waals surface area contributed by atoms with E-state index in [-0.39, 0.29) is 12.1 Å². The van der Waals surface area contributed by atoms with Crippen molar-refractivity contribution in [2.45, 2.75) is 38.8 Å². The van der Waals surface area contributed by atoms with E-state index in [9.17, 15) is 8.42 Å². The summed E-state index contributed by atoms with van der Waals surface area (Å²) in [5, 5.41) is 0. The van der Waals surface area contributed by atoms with Gasteiger partial charge < -0.3 is 10.5 Å². The number of morpholine rings is 1. The Hall–Kier alpha value is -0.210. The van der Waals surface area contributed by atoms with E-state index in [1.807, 2.05) is 13.8 Å². The summed E-state index contributed by atoms with van der Waals surface area (Å²) < 4.78 is 34.0. The van der Waals surface area contributed by atoms with Gasteiger partial charge in [-0.2, -0.15) is 17.0 Å². The van der Waals surface area contributed by atoms with E-state index in [4.69, 9.17) is 10.5 Å². The fourth-order valence-corrected chi connectivity index (χ4v) is 4.60. The maximum absolute atomic E-state index is 12.7. The van der Waals surface area contributed by atoms with Gasteiger partial charge in [-0.25, -0.2) is 0 Å². The second-order valence-electron chi connectivity index (χ2n) is 5.65. The third-order valence-corrected chi connectivity index (χ3v) is 6.20. The maximum atomic E-state index is 12.7. The average molecular weight is 291 g/mol. The molecule has 0 aromatic heterocycles. The van der Waals surface area contributed by atoms with Gasteiger partial charge in [0.25, 0.3) is 10.2 Å². The Labute approximate surface area is 116 Å². The maximum Gasteiger partial charge on any atom is 0.282 e. The summed E-state index contributed by atoms with van der Waals surface area (Å²) in [5.74, 6) is 0.465. The molecule has 6 nitrogen and oxygen atoms in total. The predicted molar refractivity (Wildman–Crippen MR) is 73.9 cm³/mol. The zero-order chi connectivity index (χ0) is 14.0. The number of hydrogen-bond acceptors (Lipinski definition) is 4. The Morgan fingerprint density at radius 1 is 1.26 bits per heavy atom. The zero-order valence-corrected chi connectivity index (χ0v) is 12.6. The van der Waals surface area contributed by atoms with Crippen molar-refractivity contribution in [3.63, 3.8) is 0 Å². The summed E-state index contributed by atoms with van der Waals surface area (Å²) in [7, 11) is -3.35. The van der Waals surface area contributed by atoms with Crippen LogP contribution in [0, 0.1) is 5.92 Å². The molecule has 0 bridgehead atoms. The van der Waals surface area contributed by atoms with Crippen LogP contribution in [0.15, 0.2) is 0 Å². The first-order chi connectivity index (χ1) is 8.95. The van der Waals surface area contributed by atoms with E-state index in [1.54, 1.807) is 8.61 Å². The second kappa shape index (κ2) is 6.05. The SMILES string of the molecule is C[C@@H]1CN(S(=O)(=O)N2CCC(CN)CC2)[C@@H](C)CO1. The molecule has 2 rings (SSSR count). The molecule has 0 saturated carbocycles. The quantitative estimate of drug-likeness (QED) is 0.795. The Bertz CT molecular complexity index is 393. The van der Waals surface area contributed by atoms with Crippen LogP contribution < -0.4 is 5.73 Å². The molecule has 2 saturated heterocycles. The first-order valence-corrected chi connectivity index (χ1v) is 8.43. The Morgan fingerprint density at radius 3 is 2.47 bits per heavy atom. The minimum atomic E-state index is -3.35. The molecule has 2 heterocycles. The second-order valence-corrected chi connectivity index (χ2v) is 7.53. The fourth-order valence-electron chi connectivity index (χ4n) is 2.72. The van der Waals surface area contributed by atoms with Crippen molar-refractivity contribution in [3.8, 4) is 0 Å². The molecule has 0 amide bonds. The minimum absolute atomic E-state index is 0.0347. The number of ether oxygens (including phenoxy) is 1. The first kappa shape index (κ1) is 15.2. The number of nitrogens with zero attached hydrogens (tertiary/aromatic N) is 2. The van der Waals surface area contributed by atoms with Gasteiger partial charge >= 0.3 is 0 Å². The lowest BCUT2D eigenvalue weighted by atomic mass is 9.99. The minimum Gasteiger partial charge on any atom is -0.375 e. The van der Waals surface area contributed by atoms with Crippen molar-refractivity contribution < 1.29 is 13.2 Å². The molecule has 0 aromatic rings. The first-order valence-electron chi connectivity index (χ1n) is 7.03. The standard InChI is InChI=1S/C12H25N3O3S/c1-10-9-18-11(2)8-15(10)19(16,17)14-5-3-12(7-13)4-6-14/h10-12H,3-9,13H2,1-2H3/t10-,11+/m0/s1. The van der Waals surface area contributed by atoms with Crippen LogP contribution in [0.5, 0.6) is 0 Å². The molecular formula is C12H25N3O3S. The Morgan fingerprint density at radius 2 is 1.89 bits per heavy atom. The van der Waals surface area contributed by atoms with Crippen molar-refractivity contribution in [3.05, 3.63) is 0 Å². The molecule has 2 fully saturated rings. The molecule has 2 N–H and O–H groups in total. The lowest BCUT2D eigenvalue weighted by Gasteiger charge is -2.40. The van der Waals surface area contributed by atoms with Crippen LogP contribution in [0.1, 0.15) is 26.7 Å². The fraction of sp³-hybridized carbons (Fsp3) is 1.00. The number of piperidine rings is 1. The molecule has 2 aliphatic rings. The van der Waals surface area contributed by atoms with Gasteiger partial charge in [-0.15, -0.1) is 0 Å². The number of nitrogens with two attached hydrogens (primary N) is 1. The van der Waals surface area contributed by atoms with Crippen LogP contribution in [0.3, 0.4) is 0 Å². The van der Waals surface area contributed by atoms with Crippen LogP contribution in [0.25, 0.3) is 0 Å². The molecule has 19 heavy (non-hydrogen) atoms. The number of hydrogen-bond donors (Lipinski definition) is 1. The van der Waals surface area contributed by atoms with Crippen molar-refractivity contribution in [1.29, 1.82) is 0 Å². The Balaban J connectivity index is 2.05. The van der Waals surface area contributed by atoms with Gasteiger partial charge in [0.1, 0.15) is 0 Å². The smallest absolute Gasteiger partial charge is 0.282 e. The van der Waals surface area contributed by atoms with Gasteiger partial charge in [0.15, 0.2) is 0 Å². The van der Waals surface area contributed by atoms with E-state index in [2.05, 4.69) is 0 Å². The van der Waals surface area contributed by atoms with E-state index in [1.165, 1.54) is 0 Å². The highest BCUT2D eigenvalue weighted by Gasteiger charge is 2.38. The highest BCUT2D eigenvalue weighted by molar-refractivity contribution is 7.86. The molecule has 2 aliphatic heterocycles. The molecule has 7 heteroatoms. The molecule has 0 spiro atoms. The van der Waals surface area contributed by atoms with Crippen LogP contribution in [0.4, 0.5) is 0 Å².